The zero-order chi connectivity index (χ0) is 15.6. The fourth-order valence-corrected chi connectivity index (χ4v) is 2.03. The summed E-state index contributed by atoms with van der Waals surface area (Å²) in [5.41, 5.74) is 3.71. The highest BCUT2D eigenvalue weighted by atomic mass is 16.4. The third-order valence-corrected chi connectivity index (χ3v) is 3.07. The average molecular weight is 285 g/mol. The maximum absolute atomic E-state index is 11.3. The highest BCUT2D eigenvalue weighted by Crippen LogP contribution is 2.20. The molecule has 0 spiro atoms. The lowest BCUT2D eigenvalue weighted by Crippen LogP contribution is -2.09. The second-order valence-electron chi connectivity index (χ2n) is 5.29. The number of hydrogen-bond donors (Lipinski definition) is 1. The topological polar surface area (TPSA) is 58.4 Å². The van der Waals surface area contributed by atoms with Gasteiger partial charge in [-0.05, 0) is 44.2 Å². The molecule has 1 aromatic heterocycles. The lowest BCUT2D eigenvalue weighted by atomic mass is 10.2. The largest absolute Gasteiger partial charge is 0.478 e. The van der Waals surface area contributed by atoms with Gasteiger partial charge in [-0.25, -0.2) is 9.48 Å². The first-order valence-corrected chi connectivity index (χ1v) is 6.64. The molecule has 0 aliphatic heterocycles. The number of aromatic nitrogens is 2. The fraction of sp³-hybridized carbons (Fsp3) is 0.250. The van der Waals surface area contributed by atoms with Crippen LogP contribution in [0, 0.1) is 0 Å². The Hall–Kier alpha value is -2.56. The van der Waals surface area contributed by atoms with Gasteiger partial charge in [-0.15, -0.1) is 0 Å². The van der Waals surface area contributed by atoms with Crippen LogP contribution in [0.2, 0.25) is 0 Å². The van der Waals surface area contributed by atoms with Crippen molar-refractivity contribution in [1.29, 1.82) is 0 Å². The molecule has 0 amide bonds. The van der Waals surface area contributed by atoms with Gasteiger partial charge in [0, 0.05) is 19.8 Å². The SMILES string of the molecule is CC(C)=Cc1c(C(=O)O)cnn1-c1ccc(N(C)C)cc1. The highest BCUT2D eigenvalue weighted by Gasteiger charge is 2.15. The number of carboxylic acids is 1. The predicted molar refractivity (Wildman–Crippen MR) is 84.2 cm³/mol. The third kappa shape index (κ3) is 3.13. The summed E-state index contributed by atoms with van der Waals surface area (Å²) in [5.74, 6) is -0.973. The normalized spacial score (nSPS) is 10.3. The van der Waals surface area contributed by atoms with Gasteiger partial charge in [0.2, 0.25) is 0 Å². The number of anilines is 1. The van der Waals surface area contributed by atoms with Crippen LogP contribution in [0.15, 0.2) is 36.0 Å². The number of hydrogen-bond acceptors (Lipinski definition) is 3. The number of rotatable bonds is 4. The number of benzene rings is 1. The van der Waals surface area contributed by atoms with Crippen LogP contribution in [-0.4, -0.2) is 35.0 Å². The molecule has 1 heterocycles. The van der Waals surface area contributed by atoms with Crippen molar-refractivity contribution < 1.29 is 9.90 Å². The van der Waals surface area contributed by atoms with Crippen molar-refractivity contribution in [3.05, 3.63) is 47.3 Å². The standard InChI is InChI=1S/C16H19N3O2/c1-11(2)9-15-14(16(20)21)10-17-19(15)13-7-5-12(6-8-13)18(3)4/h5-10H,1-4H3,(H,20,21). The highest BCUT2D eigenvalue weighted by molar-refractivity contribution is 5.91. The van der Waals surface area contributed by atoms with E-state index < -0.39 is 5.97 Å². The van der Waals surface area contributed by atoms with Crippen molar-refractivity contribution in [2.45, 2.75) is 13.8 Å². The quantitative estimate of drug-likeness (QED) is 0.938. The number of allylic oxidation sites excluding steroid dienone is 1. The van der Waals surface area contributed by atoms with E-state index in [0.717, 1.165) is 16.9 Å². The van der Waals surface area contributed by atoms with Crippen molar-refractivity contribution in [3.63, 3.8) is 0 Å². The minimum atomic E-state index is -0.973. The van der Waals surface area contributed by atoms with Crippen molar-refractivity contribution in [2.24, 2.45) is 0 Å². The van der Waals surface area contributed by atoms with Crippen LogP contribution in [0.4, 0.5) is 5.69 Å². The Morgan fingerprint density at radius 2 is 1.86 bits per heavy atom. The van der Waals surface area contributed by atoms with E-state index in [1.807, 2.05) is 63.2 Å². The summed E-state index contributed by atoms with van der Waals surface area (Å²) in [6.45, 7) is 3.86. The summed E-state index contributed by atoms with van der Waals surface area (Å²) in [6, 6.07) is 7.81. The number of carboxylic acid groups (broad SMARTS) is 1. The van der Waals surface area contributed by atoms with E-state index in [1.165, 1.54) is 6.20 Å². The molecule has 110 valence electrons. The van der Waals surface area contributed by atoms with Crippen LogP contribution < -0.4 is 4.90 Å². The van der Waals surface area contributed by atoms with Gasteiger partial charge in [-0.1, -0.05) is 5.57 Å². The van der Waals surface area contributed by atoms with Gasteiger partial charge in [-0.2, -0.15) is 5.10 Å². The molecular weight excluding hydrogens is 266 g/mol. The molecule has 0 unspecified atom stereocenters. The molecule has 5 nitrogen and oxygen atoms in total. The Labute approximate surface area is 124 Å². The van der Waals surface area contributed by atoms with Crippen LogP contribution in [0.3, 0.4) is 0 Å². The van der Waals surface area contributed by atoms with E-state index in [4.69, 9.17) is 0 Å². The van der Waals surface area contributed by atoms with Gasteiger partial charge in [0.05, 0.1) is 17.6 Å². The molecule has 1 N–H and O–H groups in total. The van der Waals surface area contributed by atoms with Crippen LogP contribution in [0.25, 0.3) is 11.8 Å². The molecule has 0 atom stereocenters. The summed E-state index contributed by atoms with van der Waals surface area (Å²) in [5, 5.41) is 13.5. The van der Waals surface area contributed by atoms with Crippen LogP contribution >= 0.6 is 0 Å². The monoisotopic (exact) mass is 285 g/mol. The fourth-order valence-electron chi connectivity index (χ4n) is 2.03. The van der Waals surface area contributed by atoms with Crippen LogP contribution in [0.1, 0.15) is 29.9 Å². The minimum Gasteiger partial charge on any atom is -0.478 e. The number of aromatic carboxylic acids is 1. The second-order valence-corrected chi connectivity index (χ2v) is 5.29. The van der Waals surface area contributed by atoms with E-state index in [9.17, 15) is 9.90 Å². The Morgan fingerprint density at radius 1 is 1.24 bits per heavy atom. The first-order valence-electron chi connectivity index (χ1n) is 6.64. The van der Waals surface area contributed by atoms with E-state index in [0.29, 0.717) is 5.69 Å². The first kappa shape index (κ1) is 14.8. The van der Waals surface area contributed by atoms with Gasteiger partial charge in [0.25, 0.3) is 0 Å². The molecule has 5 heteroatoms. The van der Waals surface area contributed by atoms with E-state index in [2.05, 4.69) is 5.10 Å². The van der Waals surface area contributed by atoms with E-state index >= 15 is 0 Å². The van der Waals surface area contributed by atoms with Gasteiger partial charge < -0.3 is 10.0 Å². The summed E-state index contributed by atoms with van der Waals surface area (Å²) < 4.78 is 1.65. The van der Waals surface area contributed by atoms with Crippen molar-refractivity contribution in [3.8, 4) is 5.69 Å². The van der Waals surface area contributed by atoms with Crippen LogP contribution in [0.5, 0.6) is 0 Å². The molecule has 2 aromatic rings. The lowest BCUT2D eigenvalue weighted by Gasteiger charge is -2.13. The zero-order valence-corrected chi connectivity index (χ0v) is 12.7. The average Bonchev–Trinajstić information content (AvgIpc) is 2.81. The Morgan fingerprint density at radius 3 is 2.33 bits per heavy atom. The van der Waals surface area contributed by atoms with Gasteiger partial charge in [-0.3, -0.25) is 0 Å². The Kier molecular flexibility index (Phi) is 4.12. The Bertz CT molecular complexity index is 678. The maximum Gasteiger partial charge on any atom is 0.339 e. The maximum atomic E-state index is 11.3. The van der Waals surface area contributed by atoms with E-state index in [-0.39, 0.29) is 5.56 Å². The summed E-state index contributed by atoms with van der Waals surface area (Å²) in [4.78, 5) is 13.3. The number of nitrogens with zero attached hydrogens (tertiary/aromatic N) is 3. The summed E-state index contributed by atoms with van der Waals surface area (Å²) >= 11 is 0. The smallest absolute Gasteiger partial charge is 0.339 e. The van der Waals surface area contributed by atoms with Crippen LogP contribution in [-0.2, 0) is 0 Å². The molecule has 0 fully saturated rings. The second kappa shape index (κ2) is 5.83. The van der Waals surface area contributed by atoms with E-state index in [1.54, 1.807) is 4.68 Å². The lowest BCUT2D eigenvalue weighted by molar-refractivity contribution is 0.0696. The molecule has 0 saturated heterocycles. The molecule has 2 rings (SSSR count). The molecule has 0 aliphatic rings. The first-order chi connectivity index (χ1) is 9.90. The van der Waals surface area contributed by atoms with Gasteiger partial charge in [0.1, 0.15) is 5.56 Å². The predicted octanol–water partition coefficient (Wildman–Crippen LogP) is 3.06. The molecule has 0 aliphatic carbocycles. The molecule has 0 bridgehead atoms. The summed E-state index contributed by atoms with van der Waals surface area (Å²) in [7, 11) is 3.94. The molecule has 0 saturated carbocycles. The van der Waals surface area contributed by atoms with Gasteiger partial charge >= 0.3 is 5.97 Å². The molecule has 1 aromatic carbocycles. The van der Waals surface area contributed by atoms with Crippen molar-refractivity contribution >= 4 is 17.7 Å². The zero-order valence-electron chi connectivity index (χ0n) is 12.7. The van der Waals surface area contributed by atoms with Crippen molar-refractivity contribution in [2.75, 3.05) is 19.0 Å². The summed E-state index contributed by atoms with van der Waals surface area (Å²) in [6.07, 6.45) is 3.22. The molecule has 0 radical (unpaired) electrons. The number of carbonyl (C=O) groups is 1. The molecular formula is C16H19N3O2. The third-order valence-electron chi connectivity index (χ3n) is 3.07. The van der Waals surface area contributed by atoms with Crippen molar-refractivity contribution in [1.82, 2.24) is 9.78 Å². The minimum absolute atomic E-state index is 0.202. The molecule has 21 heavy (non-hydrogen) atoms. The Balaban J connectivity index is 2.53. The van der Waals surface area contributed by atoms with Gasteiger partial charge in [0.15, 0.2) is 0 Å².